The predicted octanol–water partition coefficient (Wildman–Crippen LogP) is -0.366. The number of aromatic nitrogens is 3. The van der Waals surface area contributed by atoms with Crippen LogP contribution in [0.4, 0.5) is 5.82 Å². The Morgan fingerprint density at radius 1 is 1.41 bits per heavy atom. The maximum atomic E-state index is 11.3. The minimum atomic E-state index is -0.625. The average Bonchev–Trinajstić information content (AvgIpc) is 2.13. The van der Waals surface area contributed by atoms with Crippen LogP contribution < -0.4 is 22.3 Å². The molecule has 96 valence electrons. The molecule has 0 aliphatic carbocycles. The third-order valence-corrected chi connectivity index (χ3v) is 2.12. The monoisotopic (exact) mass is 241 g/mol. The molecule has 0 aliphatic rings. The van der Waals surface area contributed by atoms with E-state index in [0.29, 0.717) is 6.54 Å². The van der Waals surface area contributed by atoms with Crippen molar-refractivity contribution in [1.82, 2.24) is 15.2 Å². The summed E-state index contributed by atoms with van der Waals surface area (Å²) in [7, 11) is 0. The first-order chi connectivity index (χ1) is 7.78. The lowest BCUT2D eigenvalue weighted by Gasteiger charge is -2.23. The molecule has 0 fully saturated rings. The molecule has 0 saturated heterocycles. The summed E-state index contributed by atoms with van der Waals surface area (Å²) in [5.74, 6) is 0.0777. The molecule has 0 saturated carbocycles. The van der Waals surface area contributed by atoms with Crippen LogP contribution in [-0.4, -0.2) is 27.8 Å². The number of aromatic amines is 2. The summed E-state index contributed by atoms with van der Waals surface area (Å²) in [6.07, 6.45) is 0.821. The van der Waals surface area contributed by atoms with Gasteiger partial charge in [0.25, 0.3) is 5.56 Å². The van der Waals surface area contributed by atoms with Crippen LogP contribution in [0.15, 0.2) is 9.59 Å². The molecule has 1 aromatic heterocycles. The molecule has 0 aromatic carbocycles. The van der Waals surface area contributed by atoms with Crippen molar-refractivity contribution in [2.45, 2.75) is 33.2 Å². The lowest BCUT2D eigenvalue weighted by Crippen LogP contribution is -2.35. The van der Waals surface area contributed by atoms with Crippen molar-refractivity contribution in [3.05, 3.63) is 20.8 Å². The first-order valence-corrected chi connectivity index (χ1v) is 5.46. The van der Waals surface area contributed by atoms with E-state index in [4.69, 9.17) is 5.73 Å². The highest BCUT2D eigenvalue weighted by atomic mass is 16.2. The smallest absolute Gasteiger partial charge is 0.342 e. The van der Waals surface area contributed by atoms with Gasteiger partial charge in [-0.05, 0) is 11.8 Å². The molecule has 0 bridgehead atoms. The van der Waals surface area contributed by atoms with Crippen molar-refractivity contribution >= 4 is 5.82 Å². The molecule has 0 aliphatic heterocycles. The molecule has 0 radical (unpaired) electrons. The second kappa shape index (κ2) is 5.13. The van der Waals surface area contributed by atoms with E-state index in [9.17, 15) is 9.59 Å². The fourth-order valence-electron chi connectivity index (χ4n) is 1.55. The van der Waals surface area contributed by atoms with Crippen LogP contribution in [0.5, 0.6) is 0 Å². The lowest BCUT2D eigenvalue weighted by atomic mass is 9.88. The van der Waals surface area contributed by atoms with E-state index in [1.54, 1.807) is 0 Å². The number of nitrogens with two attached hydrogens (primary N) is 1. The summed E-state index contributed by atoms with van der Waals surface area (Å²) in [5.41, 5.74) is 4.87. The lowest BCUT2D eigenvalue weighted by molar-refractivity contribution is 0.344. The largest absolute Gasteiger partial charge is 0.362 e. The molecule has 0 amide bonds. The van der Waals surface area contributed by atoms with E-state index in [0.717, 1.165) is 6.42 Å². The molecule has 7 nitrogen and oxygen atoms in total. The van der Waals surface area contributed by atoms with Gasteiger partial charge >= 0.3 is 5.69 Å². The molecule has 17 heavy (non-hydrogen) atoms. The van der Waals surface area contributed by atoms with Crippen LogP contribution >= 0.6 is 0 Å². The highest BCUT2D eigenvalue weighted by Crippen LogP contribution is 2.19. The molecule has 5 N–H and O–H groups in total. The molecule has 0 spiro atoms. The number of hydrogen-bond donors (Lipinski definition) is 4. The molecule has 7 heteroatoms. The van der Waals surface area contributed by atoms with Crippen LogP contribution in [0, 0.1) is 5.41 Å². The van der Waals surface area contributed by atoms with Gasteiger partial charge in [-0.25, -0.2) is 9.89 Å². The summed E-state index contributed by atoms with van der Waals surface area (Å²) >= 11 is 0. The van der Waals surface area contributed by atoms with Crippen molar-refractivity contribution < 1.29 is 0 Å². The molecular formula is C10H19N5O2. The van der Waals surface area contributed by atoms with Crippen molar-refractivity contribution in [3.8, 4) is 0 Å². The van der Waals surface area contributed by atoms with Gasteiger partial charge in [0.2, 0.25) is 5.82 Å². The molecule has 1 unspecified atom stereocenters. The molecule has 1 atom stereocenters. The van der Waals surface area contributed by atoms with Crippen molar-refractivity contribution in [1.29, 1.82) is 0 Å². The van der Waals surface area contributed by atoms with Crippen LogP contribution in [0.25, 0.3) is 0 Å². The van der Waals surface area contributed by atoms with Gasteiger partial charge in [0, 0.05) is 12.6 Å². The summed E-state index contributed by atoms with van der Waals surface area (Å²) in [6.45, 7) is 6.72. The van der Waals surface area contributed by atoms with Gasteiger partial charge in [0.05, 0.1) is 0 Å². The van der Waals surface area contributed by atoms with Crippen molar-refractivity contribution in [3.63, 3.8) is 0 Å². The number of anilines is 1. The zero-order chi connectivity index (χ0) is 13.1. The van der Waals surface area contributed by atoms with E-state index in [1.807, 2.05) is 0 Å². The highest BCUT2D eigenvalue weighted by molar-refractivity contribution is 5.28. The fourth-order valence-corrected chi connectivity index (χ4v) is 1.55. The van der Waals surface area contributed by atoms with Gasteiger partial charge in [0.1, 0.15) is 0 Å². The highest BCUT2D eigenvalue weighted by Gasteiger charge is 2.15. The SMILES string of the molecule is CC(C)(C)CC(N)CNc1n[nH]c(=O)[nH]c1=O. The Balaban J connectivity index is 2.56. The van der Waals surface area contributed by atoms with Gasteiger partial charge in [-0.2, -0.15) is 0 Å². The quantitative estimate of drug-likeness (QED) is 0.574. The van der Waals surface area contributed by atoms with E-state index in [2.05, 4.69) is 41.3 Å². The number of H-pyrrole nitrogens is 2. The summed E-state index contributed by atoms with van der Waals surface area (Å²) in [5, 5.41) is 8.56. The first kappa shape index (κ1) is 13.4. The Kier molecular flexibility index (Phi) is 4.06. The zero-order valence-corrected chi connectivity index (χ0v) is 10.3. The predicted molar refractivity (Wildman–Crippen MR) is 66.0 cm³/mol. The number of nitrogens with zero attached hydrogens (tertiary/aromatic N) is 1. The summed E-state index contributed by atoms with van der Waals surface area (Å²) in [6, 6.07) is -0.0804. The summed E-state index contributed by atoms with van der Waals surface area (Å²) in [4.78, 5) is 24.1. The zero-order valence-electron chi connectivity index (χ0n) is 10.3. The fraction of sp³-hybridized carbons (Fsp3) is 0.700. The molecule has 1 heterocycles. The van der Waals surface area contributed by atoms with Crippen LogP contribution in [0.2, 0.25) is 0 Å². The molecule has 1 aromatic rings. The minimum absolute atomic E-state index is 0.0777. The third kappa shape index (κ3) is 4.81. The van der Waals surface area contributed by atoms with Crippen LogP contribution in [-0.2, 0) is 0 Å². The van der Waals surface area contributed by atoms with Gasteiger partial charge < -0.3 is 11.1 Å². The second-order valence-corrected chi connectivity index (χ2v) is 5.26. The van der Waals surface area contributed by atoms with Crippen molar-refractivity contribution in [2.24, 2.45) is 11.1 Å². The van der Waals surface area contributed by atoms with E-state index in [1.165, 1.54) is 0 Å². The van der Waals surface area contributed by atoms with Gasteiger partial charge in [-0.15, -0.1) is 5.10 Å². The van der Waals surface area contributed by atoms with Gasteiger partial charge in [-0.1, -0.05) is 20.8 Å². The third-order valence-electron chi connectivity index (χ3n) is 2.12. The van der Waals surface area contributed by atoms with Crippen LogP contribution in [0.1, 0.15) is 27.2 Å². The number of rotatable bonds is 4. The molecular weight excluding hydrogens is 222 g/mol. The average molecular weight is 241 g/mol. The number of hydrogen-bond acceptors (Lipinski definition) is 5. The minimum Gasteiger partial charge on any atom is -0.362 e. The second-order valence-electron chi connectivity index (χ2n) is 5.26. The standard InChI is InChI=1S/C10H19N5O2/c1-10(2,3)4-6(11)5-12-7-8(16)13-9(17)15-14-7/h6H,4-5,11H2,1-3H3,(H,12,14)(H2,13,15,16,17). The first-order valence-electron chi connectivity index (χ1n) is 5.46. The Labute approximate surface area is 98.8 Å². The normalized spacial score (nSPS) is 13.4. The Morgan fingerprint density at radius 3 is 2.59 bits per heavy atom. The van der Waals surface area contributed by atoms with E-state index < -0.39 is 11.2 Å². The summed E-state index contributed by atoms with van der Waals surface area (Å²) < 4.78 is 0. The van der Waals surface area contributed by atoms with Crippen LogP contribution in [0.3, 0.4) is 0 Å². The maximum absolute atomic E-state index is 11.3. The Morgan fingerprint density at radius 2 is 2.06 bits per heavy atom. The van der Waals surface area contributed by atoms with Gasteiger partial charge in [0.15, 0.2) is 0 Å². The van der Waals surface area contributed by atoms with E-state index in [-0.39, 0.29) is 17.3 Å². The Hall–Kier alpha value is -1.63. The van der Waals surface area contributed by atoms with Gasteiger partial charge in [-0.3, -0.25) is 9.78 Å². The van der Waals surface area contributed by atoms with Crippen molar-refractivity contribution in [2.75, 3.05) is 11.9 Å². The van der Waals surface area contributed by atoms with E-state index >= 15 is 0 Å². The number of nitrogens with one attached hydrogen (secondary N) is 3. The molecule has 1 rings (SSSR count). The topological polar surface area (TPSA) is 117 Å². The Bertz CT molecular complexity index is 471. The maximum Gasteiger partial charge on any atom is 0.342 e.